The van der Waals surface area contributed by atoms with Crippen molar-refractivity contribution in [2.24, 2.45) is 5.73 Å². The van der Waals surface area contributed by atoms with E-state index in [-0.39, 0.29) is 12.6 Å². The molecule has 2 aromatic rings. The van der Waals surface area contributed by atoms with Crippen LogP contribution >= 0.6 is 0 Å². The first-order valence-electron chi connectivity index (χ1n) is 5.75. The Labute approximate surface area is 101 Å². The molecule has 4 heteroatoms. The molecule has 2 atom stereocenters. The van der Waals surface area contributed by atoms with Gasteiger partial charge in [0, 0.05) is 23.6 Å². The van der Waals surface area contributed by atoms with Crippen LogP contribution in [0.5, 0.6) is 0 Å². The van der Waals surface area contributed by atoms with Gasteiger partial charge in [-0.15, -0.1) is 0 Å². The van der Waals surface area contributed by atoms with Crippen LogP contribution in [0.1, 0.15) is 11.6 Å². The van der Waals surface area contributed by atoms with Crippen LogP contribution in [0.4, 0.5) is 0 Å². The first-order valence-corrected chi connectivity index (χ1v) is 5.75. The van der Waals surface area contributed by atoms with Gasteiger partial charge in [-0.1, -0.05) is 18.2 Å². The lowest BCUT2D eigenvalue weighted by Crippen LogP contribution is -2.36. The molecule has 0 saturated heterocycles. The Kier molecular flexibility index (Phi) is 3.47. The predicted octanol–water partition coefficient (Wildman–Crippen LogP) is 1.09. The van der Waals surface area contributed by atoms with E-state index in [0.717, 1.165) is 16.5 Å². The average Bonchev–Trinajstić information content (AvgIpc) is 2.73. The van der Waals surface area contributed by atoms with Crippen molar-refractivity contribution in [1.29, 1.82) is 0 Å². The zero-order valence-corrected chi connectivity index (χ0v) is 10.2. The molecule has 92 valence electrons. The number of likely N-dealkylation sites (N-methyl/N-ethyl adjacent to an activating group) is 1. The third kappa shape index (κ3) is 2.20. The van der Waals surface area contributed by atoms with Crippen LogP contribution in [-0.2, 0) is 0 Å². The van der Waals surface area contributed by atoms with E-state index in [2.05, 4.69) is 11.1 Å². The Morgan fingerprint density at radius 3 is 2.71 bits per heavy atom. The number of nitrogens with two attached hydrogens (primary N) is 1. The number of aliphatic hydroxyl groups excluding tert-OH is 1. The summed E-state index contributed by atoms with van der Waals surface area (Å²) in [5, 5.41) is 11.2. The molecular weight excluding hydrogens is 214 g/mol. The van der Waals surface area contributed by atoms with E-state index in [1.807, 2.05) is 43.4 Å². The zero-order chi connectivity index (χ0) is 12.4. The summed E-state index contributed by atoms with van der Waals surface area (Å²) >= 11 is 0. The van der Waals surface area contributed by atoms with E-state index in [0.29, 0.717) is 0 Å². The van der Waals surface area contributed by atoms with Gasteiger partial charge in [-0.3, -0.25) is 4.90 Å². The molecule has 0 spiro atoms. The summed E-state index contributed by atoms with van der Waals surface area (Å²) in [6, 6.07) is 7.99. The predicted molar refractivity (Wildman–Crippen MR) is 69.8 cm³/mol. The summed E-state index contributed by atoms with van der Waals surface area (Å²) in [7, 11) is 3.90. The maximum atomic E-state index is 10.0. The SMILES string of the molecule is CN(C)C(c1c[nH]c2ccccc12)C(O)CN. The monoisotopic (exact) mass is 233 g/mol. The third-order valence-electron chi connectivity index (χ3n) is 3.10. The molecule has 0 saturated carbocycles. The van der Waals surface area contributed by atoms with Gasteiger partial charge in [0.2, 0.25) is 0 Å². The van der Waals surface area contributed by atoms with Crippen molar-refractivity contribution in [3.05, 3.63) is 36.0 Å². The van der Waals surface area contributed by atoms with Crippen molar-refractivity contribution in [2.45, 2.75) is 12.1 Å². The summed E-state index contributed by atoms with van der Waals surface area (Å²) in [6.07, 6.45) is 1.39. The average molecular weight is 233 g/mol. The number of aromatic nitrogens is 1. The van der Waals surface area contributed by atoms with Gasteiger partial charge in [0.1, 0.15) is 0 Å². The maximum Gasteiger partial charge on any atom is 0.0859 e. The summed E-state index contributed by atoms with van der Waals surface area (Å²) in [5.41, 5.74) is 7.74. The second kappa shape index (κ2) is 4.87. The molecule has 0 radical (unpaired) electrons. The van der Waals surface area contributed by atoms with Crippen LogP contribution < -0.4 is 5.73 Å². The molecular formula is C13H19N3O. The van der Waals surface area contributed by atoms with Crippen molar-refractivity contribution >= 4 is 10.9 Å². The number of rotatable bonds is 4. The third-order valence-corrected chi connectivity index (χ3v) is 3.10. The molecule has 17 heavy (non-hydrogen) atoms. The number of fused-ring (bicyclic) bond motifs is 1. The Bertz CT molecular complexity index is 492. The largest absolute Gasteiger partial charge is 0.390 e. The van der Waals surface area contributed by atoms with E-state index in [1.54, 1.807) is 0 Å². The number of H-pyrrole nitrogens is 1. The van der Waals surface area contributed by atoms with Gasteiger partial charge in [-0.25, -0.2) is 0 Å². The smallest absolute Gasteiger partial charge is 0.0859 e. The van der Waals surface area contributed by atoms with Gasteiger partial charge in [0.15, 0.2) is 0 Å². The number of hydrogen-bond donors (Lipinski definition) is 3. The molecule has 4 nitrogen and oxygen atoms in total. The highest BCUT2D eigenvalue weighted by Gasteiger charge is 2.24. The first-order chi connectivity index (χ1) is 8.15. The van der Waals surface area contributed by atoms with Crippen LogP contribution in [0.25, 0.3) is 10.9 Å². The van der Waals surface area contributed by atoms with Gasteiger partial charge in [-0.05, 0) is 25.7 Å². The summed E-state index contributed by atoms with van der Waals surface area (Å²) in [6.45, 7) is 0.252. The highest BCUT2D eigenvalue weighted by molar-refractivity contribution is 5.83. The Balaban J connectivity index is 2.49. The normalized spacial score (nSPS) is 15.4. The van der Waals surface area contributed by atoms with E-state index in [4.69, 9.17) is 5.73 Å². The zero-order valence-electron chi connectivity index (χ0n) is 10.2. The summed E-state index contributed by atoms with van der Waals surface area (Å²) < 4.78 is 0. The number of nitrogens with one attached hydrogen (secondary N) is 1. The number of hydrogen-bond acceptors (Lipinski definition) is 3. The van der Waals surface area contributed by atoms with E-state index < -0.39 is 6.10 Å². The maximum absolute atomic E-state index is 10.0. The fourth-order valence-corrected chi connectivity index (χ4v) is 2.30. The van der Waals surface area contributed by atoms with Crippen LogP contribution in [0.15, 0.2) is 30.5 Å². The quantitative estimate of drug-likeness (QED) is 0.740. The lowest BCUT2D eigenvalue weighted by atomic mass is 10.00. The van der Waals surface area contributed by atoms with Crippen molar-refractivity contribution in [1.82, 2.24) is 9.88 Å². The van der Waals surface area contributed by atoms with E-state index in [1.165, 1.54) is 0 Å². The summed E-state index contributed by atoms with van der Waals surface area (Å²) in [5.74, 6) is 0. The highest BCUT2D eigenvalue weighted by atomic mass is 16.3. The van der Waals surface area contributed by atoms with Gasteiger partial charge in [-0.2, -0.15) is 0 Å². The molecule has 0 aliphatic heterocycles. The van der Waals surface area contributed by atoms with Gasteiger partial charge < -0.3 is 15.8 Å². The molecule has 2 rings (SSSR count). The topological polar surface area (TPSA) is 65.3 Å². The van der Waals surface area contributed by atoms with Crippen LogP contribution in [0, 0.1) is 0 Å². The van der Waals surface area contributed by atoms with Gasteiger partial charge in [0.05, 0.1) is 12.1 Å². The van der Waals surface area contributed by atoms with Gasteiger partial charge >= 0.3 is 0 Å². The Morgan fingerprint density at radius 1 is 1.35 bits per heavy atom. The summed E-state index contributed by atoms with van der Waals surface area (Å²) in [4.78, 5) is 5.22. The standard InChI is InChI=1S/C13H19N3O/c1-16(2)13(12(17)7-14)10-8-15-11-6-4-3-5-9(10)11/h3-6,8,12-13,15,17H,7,14H2,1-2H3. The molecule has 1 aromatic carbocycles. The highest BCUT2D eigenvalue weighted by Crippen LogP contribution is 2.29. The molecule has 0 fully saturated rings. The van der Waals surface area contributed by atoms with Crippen molar-refractivity contribution in [3.8, 4) is 0 Å². The number of nitrogens with zero attached hydrogens (tertiary/aromatic N) is 1. The molecule has 0 aliphatic rings. The van der Waals surface area contributed by atoms with Crippen molar-refractivity contribution in [2.75, 3.05) is 20.6 Å². The van der Waals surface area contributed by atoms with Crippen molar-refractivity contribution in [3.63, 3.8) is 0 Å². The second-order valence-corrected chi connectivity index (χ2v) is 4.50. The van der Waals surface area contributed by atoms with Gasteiger partial charge in [0.25, 0.3) is 0 Å². The second-order valence-electron chi connectivity index (χ2n) is 4.50. The molecule has 0 amide bonds. The number of aromatic amines is 1. The number of benzene rings is 1. The molecule has 4 N–H and O–H groups in total. The molecule has 0 bridgehead atoms. The lowest BCUT2D eigenvalue weighted by molar-refractivity contribution is 0.0831. The Hall–Kier alpha value is -1.36. The lowest BCUT2D eigenvalue weighted by Gasteiger charge is -2.28. The first kappa shape index (κ1) is 12.1. The fraction of sp³-hybridized carbons (Fsp3) is 0.385. The minimum atomic E-state index is -0.566. The minimum Gasteiger partial charge on any atom is -0.390 e. The number of para-hydroxylation sites is 1. The molecule has 2 unspecified atom stereocenters. The molecule has 0 aliphatic carbocycles. The van der Waals surface area contributed by atoms with Crippen LogP contribution in [0.3, 0.4) is 0 Å². The number of aliphatic hydroxyl groups is 1. The van der Waals surface area contributed by atoms with E-state index in [9.17, 15) is 5.11 Å². The van der Waals surface area contributed by atoms with Crippen LogP contribution in [0.2, 0.25) is 0 Å². The fourth-order valence-electron chi connectivity index (χ4n) is 2.30. The van der Waals surface area contributed by atoms with Crippen LogP contribution in [-0.4, -0.2) is 41.7 Å². The van der Waals surface area contributed by atoms with Crippen molar-refractivity contribution < 1.29 is 5.11 Å². The minimum absolute atomic E-state index is 0.0869. The molecule has 1 aromatic heterocycles. The molecule has 1 heterocycles. The van der Waals surface area contributed by atoms with E-state index >= 15 is 0 Å². The Morgan fingerprint density at radius 2 is 2.06 bits per heavy atom.